The zero-order valence-corrected chi connectivity index (χ0v) is 15.9. The van der Waals surface area contributed by atoms with E-state index >= 15 is 0 Å². The summed E-state index contributed by atoms with van der Waals surface area (Å²) in [5, 5.41) is 2.71. The van der Waals surface area contributed by atoms with Gasteiger partial charge in [0, 0.05) is 37.5 Å². The van der Waals surface area contributed by atoms with E-state index in [2.05, 4.69) is 5.32 Å². The largest absolute Gasteiger partial charge is 0.356 e. The van der Waals surface area contributed by atoms with Crippen LogP contribution in [-0.2, 0) is 22.6 Å². The van der Waals surface area contributed by atoms with Gasteiger partial charge in [-0.15, -0.1) is 0 Å². The van der Waals surface area contributed by atoms with Crippen LogP contribution in [0.15, 0.2) is 42.5 Å². The minimum atomic E-state index is -0.611. The van der Waals surface area contributed by atoms with Crippen molar-refractivity contribution in [3.8, 4) is 0 Å². The number of carbonyl (C=O) groups excluding carboxylic acids is 2. The van der Waals surface area contributed by atoms with Crippen molar-refractivity contribution in [3.05, 3.63) is 70.8 Å². The predicted molar refractivity (Wildman–Crippen MR) is 102 cm³/mol. The molecule has 1 heterocycles. The van der Waals surface area contributed by atoms with E-state index in [-0.39, 0.29) is 42.8 Å². The molecule has 1 unspecified atom stereocenters. The molecule has 1 aliphatic heterocycles. The lowest BCUT2D eigenvalue weighted by atomic mass is 10.1. The molecule has 2 aromatic rings. The van der Waals surface area contributed by atoms with Crippen LogP contribution < -0.4 is 5.32 Å². The first-order valence-electron chi connectivity index (χ1n) is 9.48. The Morgan fingerprint density at radius 3 is 2.50 bits per heavy atom. The first-order valence-corrected chi connectivity index (χ1v) is 9.48. The van der Waals surface area contributed by atoms with Gasteiger partial charge in [-0.25, -0.2) is 8.78 Å². The van der Waals surface area contributed by atoms with Crippen molar-refractivity contribution >= 4 is 11.8 Å². The van der Waals surface area contributed by atoms with Gasteiger partial charge in [0.05, 0.1) is 0 Å². The average Bonchev–Trinajstić information content (AvgIpc) is 2.99. The number of nitrogens with zero attached hydrogens (tertiary/aromatic N) is 1. The normalized spacial score (nSPS) is 16.5. The molecule has 1 fully saturated rings. The van der Waals surface area contributed by atoms with Crippen molar-refractivity contribution in [2.45, 2.75) is 45.2 Å². The number of likely N-dealkylation sites (tertiary alicyclic amines) is 1. The molecule has 28 heavy (non-hydrogen) atoms. The molecule has 0 radical (unpaired) electrons. The van der Waals surface area contributed by atoms with Crippen LogP contribution in [-0.4, -0.2) is 29.3 Å². The molecule has 0 aliphatic carbocycles. The van der Waals surface area contributed by atoms with Crippen molar-refractivity contribution in [3.63, 3.8) is 0 Å². The Bertz CT molecular complexity index is 832. The number of carbonyl (C=O) groups is 2. The highest BCUT2D eigenvalue weighted by molar-refractivity contribution is 5.82. The van der Waals surface area contributed by atoms with E-state index < -0.39 is 11.6 Å². The minimum Gasteiger partial charge on any atom is -0.356 e. The van der Waals surface area contributed by atoms with Crippen LogP contribution in [0.3, 0.4) is 0 Å². The van der Waals surface area contributed by atoms with E-state index in [1.807, 2.05) is 31.2 Å². The second-order valence-electron chi connectivity index (χ2n) is 7.20. The second kappa shape index (κ2) is 8.95. The second-order valence-corrected chi connectivity index (χ2v) is 7.20. The van der Waals surface area contributed by atoms with Crippen LogP contribution in [0, 0.1) is 18.6 Å². The molecular formula is C22H24F2N2O2. The van der Waals surface area contributed by atoms with Crippen LogP contribution in [0.1, 0.15) is 36.0 Å². The molecule has 0 spiro atoms. The quantitative estimate of drug-likeness (QED) is 0.792. The van der Waals surface area contributed by atoms with Gasteiger partial charge in [0.25, 0.3) is 0 Å². The topological polar surface area (TPSA) is 49.4 Å². The van der Waals surface area contributed by atoms with Gasteiger partial charge in [-0.1, -0.05) is 35.9 Å². The maximum atomic E-state index is 13.6. The summed E-state index contributed by atoms with van der Waals surface area (Å²) in [6.07, 6.45) is 1.35. The molecule has 1 aliphatic rings. The third-order valence-electron chi connectivity index (χ3n) is 5.11. The Morgan fingerprint density at radius 1 is 1.14 bits per heavy atom. The van der Waals surface area contributed by atoms with Gasteiger partial charge in [0.2, 0.25) is 11.8 Å². The van der Waals surface area contributed by atoms with Gasteiger partial charge in [0.1, 0.15) is 11.6 Å². The van der Waals surface area contributed by atoms with Gasteiger partial charge >= 0.3 is 0 Å². The van der Waals surface area contributed by atoms with E-state index in [0.29, 0.717) is 19.4 Å². The Balaban J connectivity index is 1.52. The summed E-state index contributed by atoms with van der Waals surface area (Å²) >= 11 is 0. The molecule has 1 saturated heterocycles. The Morgan fingerprint density at radius 2 is 1.82 bits per heavy atom. The molecular weight excluding hydrogens is 362 g/mol. The lowest BCUT2D eigenvalue weighted by molar-refractivity contribution is -0.130. The fourth-order valence-corrected chi connectivity index (χ4v) is 3.50. The molecule has 0 aromatic heterocycles. The van der Waals surface area contributed by atoms with Crippen LogP contribution in [0.25, 0.3) is 0 Å². The highest BCUT2D eigenvalue weighted by Gasteiger charge is 2.32. The van der Waals surface area contributed by atoms with Gasteiger partial charge in [-0.2, -0.15) is 0 Å². The number of halogens is 2. The fourth-order valence-electron chi connectivity index (χ4n) is 3.50. The van der Waals surface area contributed by atoms with Crippen molar-refractivity contribution in [2.24, 2.45) is 0 Å². The SMILES string of the molecule is Cc1ccc(CN2C(=O)CCC2CC(=O)NCCc2c(F)cccc2F)cc1. The van der Waals surface area contributed by atoms with E-state index in [1.54, 1.807) is 4.90 Å². The zero-order chi connectivity index (χ0) is 20.1. The number of hydrogen-bond donors (Lipinski definition) is 1. The summed E-state index contributed by atoms with van der Waals surface area (Å²) in [5.74, 6) is -1.39. The van der Waals surface area contributed by atoms with E-state index in [4.69, 9.17) is 0 Å². The molecule has 0 bridgehead atoms. The first kappa shape index (κ1) is 20.0. The molecule has 6 heteroatoms. The van der Waals surface area contributed by atoms with Gasteiger partial charge in [0.15, 0.2) is 0 Å². The third-order valence-corrected chi connectivity index (χ3v) is 5.11. The number of aryl methyl sites for hydroxylation is 1. The smallest absolute Gasteiger partial charge is 0.223 e. The highest BCUT2D eigenvalue weighted by Crippen LogP contribution is 2.24. The Labute approximate surface area is 163 Å². The molecule has 1 atom stereocenters. The number of amides is 2. The van der Waals surface area contributed by atoms with Gasteiger partial charge < -0.3 is 10.2 Å². The fraction of sp³-hybridized carbons (Fsp3) is 0.364. The minimum absolute atomic E-state index is 0.0279. The summed E-state index contributed by atoms with van der Waals surface area (Å²) in [4.78, 5) is 26.2. The number of rotatable bonds is 7. The van der Waals surface area contributed by atoms with Crippen LogP contribution in [0.2, 0.25) is 0 Å². The summed E-state index contributed by atoms with van der Waals surface area (Å²) in [6, 6.07) is 11.5. The van der Waals surface area contributed by atoms with Crippen molar-refractivity contribution in [1.82, 2.24) is 10.2 Å². The average molecular weight is 386 g/mol. The molecule has 3 rings (SSSR count). The van der Waals surface area contributed by atoms with Gasteiger partial charge in [-0.3, -0.25) is 9.59 Å². The van der Waals surface area contributed by atoms with Crippen LogP contribution >= 0.6 is 0 Å². The molecule has 2 aromatic carbocycles. The summed E-state index contributed by atoms with van der Waals surface area (Å²) in [7, 11) is 0. The summed E-state index contributed by atoms with van der Waals surface area (Å²) in [5.41, 5.74) is 2.15. The number of benzene rings is 2. The van der Waals surface area contributed by atoms with E-state index in [0.717, 1.165) is 11.1 Å². The number of hydrogen-bond acceptors (Lipinski definition) is 2. The maximum absolute atomic E-state index is 13.6. The zero-order valence-electron chi connectivity index (χ0n) is 15.9. The van der Waals surface area contributed by atoms with Gasteiger partial charge in [-0.05, 0) is 37.5 Å². The van der Waals surface area contributed by atoms with Crippen LogP contribution in [0.4, 0.5) is 8.78 Å². The molecule has 0 saturated carbocycles. The lowest BCUT2D eigenvalue weighted by Crippen LogP contribution is -2.37. The Hall–Kier alpha value is -2.76. The highest BCUT2D eigenvalue weighted by atomic mass is 19.1. The number of nitrogens with one attached hydrogen (secondary N) is 1. The summed E-state index contributed by atoms with van der Waals surface area (Å²) in [6.45, 7) is 2.64. The van der Waals surface area contributed by atoms with Crippen molar-refractivity contribution in [2.75, 3.05) is 6.54 Å². The third kappa shape index (κ3) is 4.94. The van der Waals surface area contributed by atoms with Crippen LogP contribution in [0.5, 0.6) is 0 Å². The Kier molecular flexibility index (Phi) is 6.39. The predicted octanol–water partition coefficient (Wildman–Crippen LogP) is 3.51. The standard InChI is InChI=1S/C22H24F2N2O2/c1-15-5-7-16(8-6-15)14-26-17(9-10-22(26)28)13-21(27)25-12-11-18-19(23)3-2-4-20(18)24/h2-8,17H,9-14H2,1H3,(H,25,27). The summed E-state index contributed by atoms with van der Waals surface area (Å²) < 4.78 is 27.3. The van der Waals surface area contributed by atoms with Crippen molar-refractivity contribution in [1.29, 1.82) is 0 Å². The lowest BCUT2D eigenvalue weighted by Gasteiger charge is -2.24. The molecule has 4 nitrogen and oxygen atoms in total. The molecule has 2 amide bonds. The monoisotopic (exact) mass is 386 g/mol. The van der Waals surface area contributed by atoms with E-state index in [1.165, 1.54) is 18.2 Å². The first-order chi connectivity index (χ1) is 13.4. The molecule has 1 N–H and O–H groups in total. The maximum Gasteiger partial charge on any atom is 0.223 e. The van der Waals surface area contributed by atoms with E-state index in [9.17, 15) is 18.4 Å². The molecule has 148 valence electrons. The van der Waals surface area contributed by atoms with Crippen molar-refractivity contribution < 1.29 is 18.4 Å².